The van der Waals surface area contributed by atoms with Crippen molar-refractivity contribution in [2.45, 2.75) is 40.5 Å². The largest absolute Gasteiger partial charge is 0.504 e. The molecule has 0 atom stereocenters. The minimum absolute atomic E-state index is 0.226. The third kappa shape index (κ3) is 3.94. The van der Waals surface area contributed by atoms with Crippen molar-refractivity contribution in [3.8, 4) is 34.1 Å². The Labute approximate surface area is 143 Å². The molecule has 0 aromatic heterocycles. The molecule has 0 unspecified atom stereocenters. The van der Waals surface area contributed by atoms with Crippen molar-refractivity contribution in [2.75, 3.05) is 0 Å². The zero-order valence-corrected chi connectivity index (χ0v) is 14.7. The summed E-state index contributed by atoms with van der Waals surface area (Å²) in [6.07, 6.45) is 1.47. The van der Waals surface area contributed by atoms with Gasteiger partial charge < -0.3 is 20.4 Å². The van der Waals surface area contributed by atoms with Gasteiger partial charge in [-0.15, -0.1) is 0 Å². The van der Waals surface area contributed by atoms with Crippen LogP contribution in [-0.2, 0) is 12.8 Å². The number of phenolic OH excluding ortho intramolecular Hbond substituents is 4. The van der Waals surface area contributed by atoms with Gasteiger partial charge in [0.25, 0.3) is 0 Å². The number of aromatic hydroxyl groups is 4. The van der Waals surface area contributed by atoms with Crippen LogP contribution in [0.2, 0.25) is 0 Å². The van der Waals surface area contributed by atoms with Gasteiger partial charge in [0.1, 0.15) is 0 Å². The molecule has 0 heterocycles. The summed E-state index contributed by atoms with van der Waals surface area (Å²) in [5.41, 5.74) is 2.38. The van der Waals surface area contributed by atoms with Gasteiger partial charge in [-0.05, 0) is 60.1 Å². The number of hydrogen-bond acceptors (Lipinski definition) is 4. The highest BCUT2D eigenvalue weighted by atomic mass is 16.3. The molecule has 0 aliphatic heterocycles. The van der Waals surface area contributed by atoms with E-state index < -0.39 is 0 Å². The van der Waals surface area contributed by atoms with Crippen LogP contribution in [0, 0.1) is 11.8 Å². The lowest BCUT2D eigenvalue weighted by molar-refractivity contribution is 0.399. The van der Waals surface area contributed by atoms with Gasteiger partial charge in [-0.1, -0.05) is 27.7 Å². The lowest BCUT2D eigenvalue weighted by atomic mass is 9.93. The summed E-state index contributed by atoms with van der Waals surface area (Å²) < 4.78 is 0. The quantitative estimate of drug-likeness (QED) is 0.605. The van der Waals surface area contributed by atoms with Gasteiger partial charge in [0, 0.05) is 11.1 Å². The predicted octanol–water partition coefficient (Wildman–Crippen LogP) is 4.57. The Morgan fingerprint density at radius 1 is 0.625 bits per heavy atom. The SMILES string of the molecule is CC(C)Cc1cc(O)c(O)c(-c2cc(CC(C)C)cc(O)c2O)c1. The highest BCUT2D eigenvalue weighted by Gasteiger charge is 2.18. The molecule has 2 rings (SSSR count). The van der Waals surface area contributed by atoms with E-state index in [1.165, 1.54) is 12.1 Å². The third-order valence-electron chi connectivity index (χ3n) is 3.88. The van der Waals surface area contributed by atoms with Crippen LogP contribution in [0.15, 0.2) is 24.3 Å². The normalized spacial score (nSPS) is 11.4. The fourth-order valence-corrected chi connectivity index (χ4v) is 2.94. The molecular formula is C20H26O4. The monoisotopic (exact) mass is 330 g/mol. The second kappa shape index (κ2) is 7.04. The number of phenols is 4. The van der Waals surface area contributed by atoms with Gasteiger partial charge in [-0.25, -0.2) is 0 Å². The first kappa shape index (κ1) is 18.0. The predicted molar refractivity (Wildman–Crippen MR) is 95.6 cm³/mol. The van der Waals surface area contributed by atoms with Crippen molar-refractivity contribution in [3.05, 3.63) is 35.4 Å². The summed E-state index contributed by atoms with van der Waals surface area (Å²) in [5, 5.41) is 40.6. The molecule has 2 aromatic rings. The summed E-state index contributed by atoms with van der Waals surface area (Å²) >= 11 is 0. The molecule has 130 valence electrons. The molecule has 4 nitrogen and oxygen atoms in total. The summed E-state index contributed by atoms with van der Waals surface area (Å²) in [4.78, 5) is 0. The van der Waals surface area contributed by atoms with Gasteiger partial charge in [0.05, 0.1) is 0 Å². The summed E-state index contributed by atoms with van der Waals surface area (Å²) in [6, 6.07) is 6.58. The van der Waals surface area contributed by atoms with E-state index in [0.29, 0.717) is 23.0 Å². The third-order valence-corrected chi connectivity index (χ3v) is 3.88. The van der Waals surface area contributed by atoms with E-state index >= 15 is 0 Å². The van der Waals surface area contributed by atoms with Crippen LogP contribution < -0.4 is 0 Å². The summed E-state index contributed by atoms with van der Waals surface area (Å²) in [6.45, 7) is 8.26. The van der Waals surface area contributed by atoms with Gasteiger partial charge in [0.2, 0.25) is 0 Å². The molecule has 0 bridgehead atoms. The van der Waals surface area contributed by atoms with E-state index in [2.05, 4.69) is 27.7 Å². The standard InChI is InChI=1S/C20H26O4/c1-11(2)5-13-7-15(19(23)17(21)9-13)16-8-14(6-12(3)4)10-18(22)20(16)24/h7-12,21-24H,5-6H2,1-4H3. The zero-order chi connectivity index (χ0) is 18.0. The maximum absolute atomic E-state index is 10.3. The van der Waals surface area contributed by atoms with Crippen LogP contribution in [0.4, 0.5) is 0 Å². The fourth-order valence-electron chi connectivity index (χ4n) is 2.94. The average molecular weight is 330 g/mol. The van der Waals surface area contributed by atoms with Crippen LogP contribution >= 0.6 is 0 Å². The molecule has 0 aliphatic rings. The molecule has 24 heavy (non-hydrogen) atoms. The minimum atomic E-state index is -0.293. The van der Waals surface area contributed by atoms with Crippen LogP contribution in [0.25, 0.3) is 11.1 Å². The molecule has 0 amide bonds. The number of hydrogen-bond donors (Lipinski definition) is 4. The van der Waals surface area contributed by atoms with Crippen molar-refractivity contribution in [1.29, 1.82) is 0 Å². The van der Waals surface area contributed by atoms with Crippen LogP contribution in [-0.4, -0.2) is 20.4 Å². The zero-order valence-electron chi connectivity index (χ0n) is 14.7. The Kier molecular flexibility index (Phi) is 5.27. The van der Waals surface area contributed by atoms with Crippen molar-refractivity contribution in [3.63, 3.8) is 0 Å². The van der Waals surface area contributed by atoms with E-state index in [9.17, 15) is 20.4 Å². The molecule has 0 saturated heterocycles. The molecule has 0 radical (unpaired) electrons. The number of rotatable bonds is 5. The molecule has 0 spiro atoms. The minimum Gasteiger partial charge on any atom is -0.504 e. The van der Waals surface area contributed by atoms with Crippen molar-refractivity contribution < 1.29 is 20.4 Å². The Balaban J connectivity index is 2.62. The van der Waals surface area contributed by atoms with E-state index in [4.69, 9.17) is 0 Å². The lowest BCUT2D eigenvalue weighted by Gasteiger charge is -2.15. The second-order valence-electron chi connectivity index (χ2n) is 7.22. The Hall–Kier alpha value is -2.36. The smallest absolute Gasteiger partial charge is 0.165 e. The highest BCUT2D eigenvalue weighted by Crippen LogP contribution is 2.45. The number of benzene rings is 2. The first-order valence-corrected chi connectivity index (χ1v) is 8.29. The van der Waals surface area contributed by atoms with Crippen molar-refractivity contribution >= 4 is 0 Å². The first-order valence-electron chi connectivity index (χ1n) is 8.29. The lowest BCUT2D eigenvalue weighted by Crippen LogP contribution is -1.97. The summed E-state index contributed by atoms with van der Waals surface area (Å²) in [5.74, 6) is -0.266. The molecule has 0 aliphatic carbocycles. The fraction of sp³-hybridized carbons (Fsp3) is 0.400. The van der Waals surface area contributed by atoms with Crippen LogP contribution in [0.5, 0.6) is 23.0 Å². The highest BCUT2D eigenvalue weighted by molar-refractivity contribution is 5.80. The van der Waals surface area contributed by atoms with Crippen LogP contribution in [0.1, 0.15) is 38.8 Å². The molecule has 4 heteroatoms. The van der Waals surface area contributed by atoms with Crippen molar-refractivity contribution in [2.24, 2.45) is 11.8 Å². The topological polar surface area (TPSA) is 80.9 Å². The Morgan fingerprint density at radius 2 is 0.958 bits per heavy atom. The maximum Gasteiger partial charge on any atom is 0.165 e. The molecule has 0 saturated carbocycles. The molecule has 0 fully saturated rings. The first-order chi connectivity index (χ1) is 11.2. The van der Waals surface area contributed by atoms with Gasteiger partial charge in [-0.3, -0.25) is 0 Å². The van der Waals surface area contributed by atoms with E-state index in [1.807, 2.05) is 0 Å². The maximum atomic E-state index is 10.3. The van der Waals surface area contributed by atoms with Gasteiger partial charge in [-0.2, -0.15) is 0 Å². The Morgan fingerprint density at radius 3 is 1.25 bits per heavy atom. The van der Waals surface area contributed by atoms with Crippen molar-refractivity contribution in [1.82, 2.24) is 0 Å². The molecule has 2 aromatic carbocycles. The van der Waals surface area contributed by atoms with Gasteiger partial charge >= 0.3 is 0 Å². The summed E-state index contributed by atoms with van der Waals surface area (Å²) in [7, 11) is 0. The van der Waals surface area contributed by atoms with E-state index in [1.54, 1.807) is 12.1 Å². The van der Waals surface area contributed by atoms with E-state index in [0.717, 1.165) is 24.0 Å². The van der Waals surface area contributed by atoms with Crippen LogP contribution in [0.3, 0.4) is 0 Å². The second-order valence-corrected chi connectivity index (χ2v) is 7.22. The Bertz CT molecular complexity index is 669. The average Bonchev–Trinajstić information content (AvgIpc) is 2.45. The molecule has 4 N–H and O–H groups in total. The van der Waals surface area contributed by atoms with E-state index in [-0.39, 0.29) is 23.0 Å². The molecular weight excluding hydrogens is 304 g/mol. The van der Waals surface area contributed by atoms with Gasteiger partial charge in [0.15, 0.2) is 23.0 Å².